The molecule has 16 heavy (non-hydrogen) atoms. The summed E-state index contributed by atoms with van der Waals surface area (Å²) < 4.78 is 14.9. The molecule has 0 radical (unpaired) electrons. The first kappa shape index (κ1) is 10.5. The third-order valence-corrected chi connectivity index (χ3v) is 2.62. The van der Waals surface area contributed by atoms with Gasteiger partial charge in [-0.1, -0.05) is 0 Å². The van der Waals surface area contributed by atoms with Crippen molar-refractivity contribution < 1.29 is 9.18 Å². The molecule has 0 amide bonds. The molecule has 0 saturated heterocycles. The minimum absolute atomic E-state index is 0.0273. The Balaban J connectivity index is 2.94. The number of hydrogen-bond donors (Lipinski definition) is 0. The summed E-state index contributed by atoms with van der Waals surface area (Å²) in [6, 6.07) is 5.96. The molecule has 0 fully saturated rings. The Hall–Kier alpha value is -1.97. The summed E-state index contributed by atoms with van der Waals surface area (Å²) in [4.78, 5) is 22.0. The number of aromatic nitrogens is 1. The van der Waals surface area contributed by atoms with Crippen LogP contribution >= 0.6 is 0 Å². The molecule has 0 spiro atoms. The van der Waals surface area contributed by atoms with Crippen molar-refractivity contribution in [1.29, 1.82) is 0 Å². The highest BCUT2D eigenvalue weighted by atomic mass is 19.1. The number of hydrogen-bond acceptors (Lipinski definition) is 2. The predicted molar refractivity (Wildman–Crippen MR) is 58.9 cm³/mol. The first-order chi connectivity index (χ1) is 7.65. The largest absolute Gasteiger partial charge is 0.311 e. The molecule has 3 nitrogen and oxygen atoms in total. The number of benzene rings is 1. The van der Waals surface area contributed by atoms with E-state index in [1.807, 2.05) is 0 Å². The lowest BCUT2D eigenvalue weighted by molar-refractivity contribution is -0.107. The third-order valence-electron chi connectivity index (χ3n) is 2.62. The highest BCUT2D eigenvalue weighted by Crippen LogP contribution is 2.19. The number of halogens is 1. The molecule has 4 heteroatoms. The fourth-order valence-electron chi connectivity index (χ4n) is 1.82. The normalized spacial score (nSPS) is 10.6. The highest BCUT2D eigenvalue weighted by Gasteiger charge is 2.10. The van der Waals surface area contributed by atoms with Gasteiger partial charge in [0.15, 0.2) is 0 Å². The number of pyridine rings is 1. The van der Waals surface area contributed by atoms with Crippen LogP contribution in [0.3, 0.4) is 0 Å². The maximum absolute atomic E-state index is 13.5. The summed E-state index contributed by atoms with van der Waals surface area (Å²) in [5.41, 5.74) is 0.539. The monoisotopic (exact) mass is 219 g/mol. The third kappa shape index (κ3) is 1.52. The van der Waals surface area contributed by atoms with E-state index in [9.17, 15) is 14.0 Å². The minimum Gasteiger partial charge on any atom is -0.311 e. The Morgan fingerprint density at radius 1 is 1.31 bits per heavy atom. The van der Waals surface area contributed by atoms with Crippen LogP contribution in [0.15, 0.2) is 29.1 Å². The molecule has 0 atom stereocenters. The van der Waals surface area contributed by atoms with Crippen LogP contribution in [0.1, 0.15) is 5.56 Å². The Morgan fingerprint density at radius 2 is 2.00 bits per heavy atom. The van der Waals surface area contributed by atoms with Gasteiger partial charge >= 0.3 is 0 Å². The highest BCUT2D eigenvalue weighted by molar-refractivity contribution is 5.84. The Kier molecular flexibility index (Phi) is 2.56. The van der Waals surface area contributed by atoms with Crippen molar-refractivity contribution in [1.82, 2.24) is 4.57 Å². The quantitative estimate of drug-likeness (QED) is 0.716. The Morgan fingerprint density at radius 3 is 2.69 bits per heavy atom. The number of aryl methyl sites for hydroxylation is 1. The molecular formula is C12H10FNO2. The summed E-state index contributed by atoms with van der Waals surface area (Å²) in [6.45, 7) is 0. The number of nitrogens with zero attached hydrogens (tertiary/aromatic N) is 1. The average Bonchev–Trinajstić information content (AvgIpc) is 2.27. The van der Waals surface area contributed by atoms with E-state index in [2.05, 4.69) is 0 Å². The van der Waals surface area contributed by atoms with Crippen molar-refractivity contribution in [3.05, 3.63) is 46.0 Å². The molecule has 0 unspecified atom stereocenters. The molecule has 0 bridgehead atoms. The van der Waals surface area contributed by atoms with Gasteiger partial charge in [-0.3, -0.25) is 4.79 Å². The van der Waals surface area contributed by atoms with E-state index in [-0.39, 0.29) is 17.5 Å². The van der Waals surface area contributed by atoms with Gasteiger partial charge in [0.05, 0.1) is 5.52 Å². The van der Waals surface area contributed by atoms with Crippen molar-refractivity contribution in [3.63, 3.8) is 0 Å². The summed E-state index contributed by atoms with van der Waals surface area (Å²) in [6.07, 6.45) is 0.607. The van der Waals surface area contributed by atoms with E-state index in [4.69, 9.17) is 0 Å². The van der Waals surface area contributed by atoms with Gasteiger partial charge in [0, 0.05) is 25.1 Å². The molecule has 2 rings (SSSR count). The smallest absolute Gasteiger partial charge is 0.250 e. The van der Waals surface area contributed by atoms with Gasteiger partial charge in [0.25, 0.3) is 5.56 Å². The zero-order chi connectivity index (χ0) is 11.7. The lowest BCUT2D eigenvalue weighted by atomic mass is 10.1. The van der Waals surface area contributed by atoms with Crippen LogP contribution in [-0.4, -0.2) is 10.9 Å². The van der Waals surface area contributed by atoms with Crippen LogP contribution in [0.5, 0.6) is 0 Å². The predicted octanol–water partition coefficient (Wildman–Crippen LogP) is 1.42. The maximum Gasteiger partial charge on any atom is 0.250 e. The van der Waals surface area contributed by atoms with Crippen molar-refractivity contribution in [2.24, 2.45) is 7.05 Å². The van der Waals surface area contributed by atoms with Gasteiger partial charge in [-0.2, -0.15) is 0 Å². The van der Waals surface area contributed by atoms with E-state index in [1.165, 1.54) is 16.7 Å². The standard InChI is InChI=1S/C12H10FNO2/c1-14-11(16)5-3-8-2-4-10(13)9(6-7-15)12(8)14/h2-5,7H,6H2,1H3. The molecule has 1 aromatic carbocycles. The summed E-state index contributed by atoms with van der Waals surface area (Å²) in [7, 11) is 1.57. The number of aldehydes is 1. The Labute approximate surface area is 91.1 Å². The van der Waals surface area contributed by atoms with Crippen LogP contribution in [0.4, 0.5) is 4.39 Å². The zero-order valence-electron chi connectivity index (χ0n) is 8.74. The van der Waals surface area contributed by atoms with Crippen LogP contribution in [-0.2, 0) is 18.3 Å². The van der Waals surface area contributed by atoms with Gasteiger partial charge in [-0.15, -0.1) is 0 Å². The topological polar surface area (TPSA) is 39.1 Å². The molecule has 82 valence electrons. The van der Waals surface area contributed by atoms with Gasteiger partial charge < -0.3 is 9.36 Å². The summed E-state index contributed by atoms with van der Waals surface area (Å²) in [5.74, 6) is -0.458. The maximum atomic E-state index is 13.5. The van der Waals surface area contributed by atoms with Crippen molar-refractivity contribution in [2.75, 3.05) is 0 Å². The number of carbonyl (C=O) groups is 1. The minimum atomic E-state index is -0.458. The SMILES string of the molecule is Cn1c(=O)ccc2ccc(F)c(CC=O)c21. The summed E-state index contributed by atoms with van der Waals surface area (Å²) >= 11 is 0. The summed E-state index contributed by atoms with van der Waals surface area (Å²) in [5, 5.41) is 0.750. The van der Waals surface area contributed by atoms with Gasteiger partial charge in [0.1, 0.15) is 12.1 Å². The first-order valence-corrected chi connectivity index (χ1v) is 4.86. The molecule has 0 N–H and O–H groups in total. The van der Waals surface area contributed by atoms with Gasteiger partial charge in [0.2, 0.25) is 0 Å². The van der Waals surface area contributed by atoms with E-state index < -0.39 is 5.82 Å². The number of carbonyl (C=O) groups excluding carboxylic acids is 1. The second kappa shape index (κ2) is 3.89. The molecule has 0 aliphatic heterocycles. The molecule has 0 aliphatic rings. The van der Waals surface area contributed by atoms with E-state index in [1.54, 1.807) is 19.2 Å². The number of rotatable bonds is 2. The van der Waals surface area contributed by atoms with Crippen LogP contribution in [0, 0.1) is 5.82 Å². The average molecular weight is 219 g/mol. The molecular weight excluding hydrogens is 209 g/mol. The van der Waals surface area contributed by atoms with Crippen LogP contribution in [0.2, 0.25) is 0 Å². The zero-order valence-corrected chi connectivity index (χ0v) is 8.74. The molecule has 2 aromatic rings. The number of fused-ring (bicyclic) bond motifs is 1. The lowest BCUT2D eigenvalue weighted by Gasteiger charge is -2.09. The fraction of sp³-hybridized carbons (Fsp3) is 0.167. The molecule has 1 aromatic heterocycles. The lowest BCUT2D eigenvalue weighted by Crippen LogP contribution is -2.17. The van der Waals surface area contributed by atoms with Crippen molar-refractivity contribution >= 4 is 17.2 Å². The molecule has 0 aliphatic carbocycles. The van der Waals surface area contributed by atoms with Crippen molar-refractivity contribution in [3.8, 4) is 0 Å². The fourth-order valence-corrected chi connectivity index (χ4v) is 1.82. The van der Waals surface area contributed by atoms with Gasteiger partial charge in [-0.05, 0) is 23.6 Å². The first-order valence-electron chi connectivity index (χ1n) is 4.86. The Bertz CT molecular complexity index is 616. The van der Waals surface area contributed by atoms with Crippen LogP contribution in [0.25, 0.3) is 10.9 Å². The van der Waals surface area contributed by atoms with Crippen LogP contribution < -0.4 is 5.56 Å². The molecule has 0 saturated carbocycles. The van der Waals surface area contributed by atoms with Gasteiger partial charge in [-0.25, -0.2) is 4.39 Å². The second-order valence-electron chi connectivity index (χ2n) is 3.57. The van der Waals surface area contributed by atoms with Crippen molar-refractivity contribution in [2.45, 2.75) is 6.42 Å². The van der Waals surface area contributed by atoms with E-state index in [0.717, 1.165) is 5.39 Å². The second-order valence-corrected chi connectivity index (χ2v) is 3.57. The van der Waals surface area contributed by atoms with E-state index >= 15 is 0 Å². The molecule has 1 heterocycles. The van der Waals surface area contributed by atoms with E-state index in [0.29, 0.717) is 11.8 Å².